The van der Waals surface area contributed by atoms with Gasteiger partial charge in [0.15, 0.2) is 11.5 Å². The standard InChI is InChI=1S/C22H20ClN5O2/c1-15-8-10-17(13-19(15)23)24-14-16-9-11-20(21(12-16)29-2)30-22-25-26-27-28(22)18-6-4-3-5-7-18/h3-13,24H,14H2,1-2H3. The third-order valence-corrected chi connectivity index (χ3v) is 4.95. The van der Waals surface area contributed by atoms with Crippen molar-refractivity contribution in [2.45, 2.75) is 13.5 Å². The largest absolute Gasteiger partial charge is 0.493 e. The number of methoxy groups -OCH3 is 1. The molecule has 0 amide bonds. The van der Waals surface area contributed by atoms with Gasteiger partial charge in [-0.2, -0.15) is 4.68 Å². The van der Waals surface area contributed by atoms with E-state index < -0.39 is 0 Å². The number of halogens is 1. The van der Waals surface area contributed by atoms with E-state index in [1.807, 2.05) is 73.7 Å². The third-order valence-electron chi connectivity index (χ3n) is 4.54. The van der Waals surface area contributed by atoms with Gasteiger partial charge in [0.1, 0.15) is 0 Å². The molecule has 0 aliphatic heterocycles. The average molecular weight is 422 g/mol. The number of tetrazole rings is 1. The normalized spacial score (nSPS) is 10.6. The van der Waals surface area contributed by atoms with Gasteiger partial charge in [-0.15, -0.1) is 0 Å². The second kappa shape index (κ2) is 8.84. The molecule has 0 saturated heterocycles. The highest BCUT2D eigenvalue weighted by molar-refractivity contribution is 6.31. The van der Waals surface area contributed by atoms with Gasteiger partial charge in [-0.1, -0.05) is 47.0 Å². The van der Waals surface area contributed by atoms with Gasteiger partial charge in [-0.05, 0) is 64.9 Å². The van der Waals surface area contributed by atoms with E-state index in [0.717, 1.165) is 27.5 Å². The van der Waals surface area contributed by atoms with E-state index in [1.165, 1.54) is 4.68 Å². The first-order valence-corrected chi connectivity index (χ1v) is 9.70. The summed E-state index contributed by atoms with van der Waals surface area (Å²) in [5, 5.41) is 15.8. The lowest BCUT2D eigenvalue weighted by molar-refractivity contribution is 0.363. The minimum atomic E-state index is 0.250. The van der Waals surface area contributed by atoms with Crippen LogP contribution in [0.3, 0.4) is 0 Å². The highest BCUT2D eigenvalue weighted by Gasteiger charge is 2.14. The van der Waals surface area contributed by atoms with Gasteiger partial charge in [-0.3, -0.25) is 0 Å². The lowest BCUT2D eigenvalue weighted by Gasteiger charge is -2.13. The molecule has 4 aromatic rings. The monoisotopic (exact) mass is 421 g/mol. The topological polar surface area (TPSA) is 74.1 Å². The van der Waals surface area contributed by atoms with Crippen LogP contribution in [-0.4, -0.2) is 27.3 Å². The molecule has 30 heavy (non-hydrogen) atoms. The van der Waals surface area contributed by atoms with Gasteiger partial charge in [0, 0.05) is 17.3 Å². The van der Waals surface area contributed by atoms with E-state index in [2.05, 4.69) is 20.8 Å². The molecule has 0 bridgehead atoms. The van der Waals surface area contributed by atoms with Crippen LogP contribution >= 0.6 is 11.6 Å². The first-order chi connectivity index (χ1) is 14.6. The summed E-state index contributed by atoms with van der Waals surface area (Å²) in [5.74, 6) is 1.10. The van der Waals surface area contributed by atoms with Crippen LogP contribution in [0.4, 0.5) is 5.69 Å². The number of aryl methyl sites for hydroxylation is 1. The molecule has 1 heterocycles. The average Bonchev–Trinajstić information content (AvgIpc) is 3.24. The number of para-hydroxylation sites is 1. The maximum absolute atomic E-state index is 6.19. The zero-order valence-electron chi connectivity index (χ0n) is 16.5. The predicted octanol–water partition coefficient (Wildman–Crippen LogP) is 5.04. The van der Waals surface area contributed by atoms with E-state index in [4.69, 9.17) is 21.1 Å². The Bertz CT molecular complexity index is 1150. The molecule has 0 fully saturated rings. The van der Waals surface area contributed by atoms with Crippen molar-refractivity contribution in [3.63, 3.8) is 0 Å². The smallest absolute Gasteiger partial charge is 0.346 e. The van der Waals surface area contributed by atoms with Gasteiger partial charge in [0.05, 0.1) is 12.8 Å². The molecule has 1 aromatic heterocycles. The molecule has 0 aliphatic rings. The van der Waals surface area contributed by atoms with Crippen LogP contribution in [0, 0.1) is 6.92 Å². The highest BCUT2D eigenvalue weighted by Crippen LogP contribution is 2.32. The molecule has 152 valence electrons. The van der Waals surface area contributed by atoms with Crippen molar-refractivity contribution in [2.75, 3.05) is 12.4 Å². The first kappa shape index (κ1) is 19.7. The van der Waals surface area contributed by atoms with Gasteiger partial charge in [-0.25, -0.2) is 0 Å². The maximum atomic E-state index is 6.19. The second-order valence-electron chi connectivity index (χ2n) is 6.61. The fourth-order valence-electron chi connectivity index (χ4n) is 2.89. The molecular weight excluding hydrogens is 402 g/mol. The summed E-state index contributed by atoms with van der Waals surface area (Å²) in [4.78, 5) is 0. The number of nitrogens with zero attached hydrogens (tertiary/aromatic N) is 4. The van der Waals surface area contributed by atoms with Crippen molar-refractivity contribution in [2.24, 2.45) is 0 Å². The molecular formula is C22H20ClN5O2. The number of nitrogens with one attached hydrogen (secondary N) is 1. The summed E-state index contributed by atoms with van der Waals surface area (Å²) in [6, 6.07) is 21.4. The van der Waals surface area contributed by atoms with Crippen LogP contribution in [0.5, 0.6) is 17.5 Å². The number of hydrogen-bond acceptors (Lipinski definition) is 6. The Balaban J connectivity index is 1.51. The van der Waals surface area contributed by atoms with E-state index >= 15 is 0 Å². The summed E-state index contributed by atoms with van der Waals surface area (Å²) in [6.45, 7) is 2.58. The molecule has 0 spiro atoms. The fraction of sp³-hybridized carbons (Fsp3) is 0.136. The summed E-state index contributed by atoms with van der Waals surface area (Å²) in [7, 11) is 1.60. The van der Waals surface area contributed by atoms with Crippen molar-refractivity contribution in [3.8, 4) is 23.2 Å². The Kier molecular flexibility index (Phi) is 5.81. The van der Waals surface area contributed by atoms with Crippen molar-refractivity contribution >= 4 is 17.3 Å². The maximum Gasteiger partial charge on any atom is 0.346 e. The summed E-state index contributed by atoms with van der Waals surface area (Å²) >= 11 is 6.19. The molecule has 4 rings (SSSR count). The van der Waals surface area contributed by atoms with Crippen LogP contribution in [0.15, 0.2) is 66.7 Å². The molecule has 7 nitrogen and oxygen atoms in total. The van der Waals surface area contributed by atoms with E-state index in [0.29, 0.717) is 18.0 Å². The molecule has 0 saturated carbocycles. The van der Waals surface area contributed by atoms with Crippen LogP contribution in [0.2, 0.25) is 5.02 Å². The molecule has 0 radical (unpaired) electrons. The van der Waals surface area contributed by atoms with E-state index in [9.17, 15) is 0 Å². The van der Waals surface area contributed by atoms with Crippen LogP contribution < -0.4 is 14.8 Å². The lowest BCUT2D eigenvalue weighted by atomic mass is 10.2. The molecule has 0 aliphatic carbocycles. The third kappa shape index (κ3) is 4.36. The Labute approximate surface area is 179 Å². The Morgan fingerprint density at radius 2 is 1.83 bits per heavy atom. The second-order valence-corrected chi connectivity index (χ2v) is 7.02. The molecule has 3 aromatic carbocycles. The van der Waals surface area contributed by atoms with E-state index in [1.54, 1.807) is 7.11 Å². The number of benzene rings is 3. The van der Waals surface area contributed by atoms with Crippen molar-refractivity contribution < 1.29 is 9.47 Å². The minimum absolute atomic E-state index is 0.250. The molecule has 8 heteroatoms. The predicted molar refractivity (Wildman–Crippen MR) is 116 cm³/mol. The summed E-state index contributed by atoms with van der Waals surface area (Å²) < 4.78 is 13.0. The quantitative estimate of drug-likeness (QED) is 0.450. The number of hydrogen-bond donors (Lipinski definition) is 1. The van der Waals surface area contributed by atoms with Crippen LogP contribution in [0.1, 0.15) is 11.1 Å². The van der Waals surface area contributed by atoms with Crippen LogP contribution in [-0.2, 0) is 6.54 Å². The fourth-order valence-corrected chi connectivity index (χ4v) is 3.07. The SMILES string of the molecule is COc1cc(CNc2ccc(C)c(Cl)c2)ccc1Oc1nnnn1-c1ccccc1. The summed E-state index contributed by atoms with van der Waals surface area (Å²) in [6.07, 6.45) is 0. The highest BCUT2D eigenvalue weighted by atomic mass is 35.5. The van der Waals surface area contributed by atoms with Crippen molar-refractivity contribution in [3.05, 3.63) is 82.9 Å². The molecule has 0 unspecified atom stereocenters. The molecule has 1 N–H and O–H groups in total. The number of aromatic nitrogens is 4. The molecule has 0 atom stereocenters. The number of ether oxygens (including phenoxy) is 2. The van der Waals surface area contributed by atoms with Crippen molar-refractivity contribution in [1.82, 2.24) is 20.2 Å². The van der Waals surface area contributed by atoms with Crippen LogP contribution in [0.25, 0.3) is 5.69 Å². The van der Waals surface area contributed by atoms with Gasteiger partial charge in [0.25, 0.3) is 0 Å². The summed E-state index contributed by atoms with van der Waals surface area (Å²) in [5.41, 5.74) is 3.82. The van der Waals surface area contributed by atoms with Gasteiger partial charge >= 0.3 is 6.01 Å². The zero-order chi connectivity index (χ0) is 20.9. The van der Waals surface area contributed by atoms with Crippen molar-refractivity contribution in [1.29, 1.82) is 0 Å². The number of rotatable bonds is 7. The van der Waals surface area contributed by atoms with Gasteiger partial charge in [0.2, 0.25) is 0 Å². The zero-order valence-corrected chi connectivity index (χ0v) is 17.3. The Hall–Kier alpha value is -3.58. The van der Waals surface area contributed by atoms with E-state index in [-0.39, 0.29) is 6.01 Å². The first-order valence-electron chi connectivity index (χ1n) is 9.32. The lowest BCUT2D eigenvalue weighted by Crippen LogP contribution is -2.02. The Morgan fingerprint density at radius 3 is 2.60 bits per heavy atom. The minimum Gasteiger partial charge on any atom is -0.493 e. The number of anilines is 1. The van der Waals surface area contributed by atoms with Gasteiger partial charge < -0.3 is 14.8 Å². The Morgan fingerprint density at radius 1 is 1.00 bits per heavy atom.